The lowest BCUT2D eigenvalue weighted by molar-refractivity contribution is 0.0699. The van der Waals surface area contributed by atoms with E-state index in [-0.39, 0.29) is 0 Å². The molecule has 1 aliphatic rings. The van der Waals surface area contributed by atoms with Crippen molar-refractivity contribution in [2.24, 2.45) is 0 Å². The lowest BCUT2D eigenvalue weighted by atomic mass is 10.1. The van der Waals surface area contributed by atoms with E-state index in [0.29, 0.717) is 6.04 Å². The molecule has 1 saturated heterocycles. The number of nitrogens with one attached hydrogen (secondary N) is 1. The number of nitrogens with zero attached hydrogens (tertiary/aromatic N) is 1. The van der Waals surface area contributed by atoms with Gasteiger partial charge in [0.1, 0.15) is 5.01 Å². The molecule has 1 atom stereocenters. The molecule has 1 aromatic heterocycles. The van der Waals surface area contributed by atoms with E-state index in [1.165, 1.54) is 12.8 Å². The van der Waals surface area contributed by atoms with E-state index in [2.05, 4.69) is 10.3 Å². The molecule has 1 fully saturated rings. The van der Waals surface area contributed by atoms with Crippen molar-refractivity contribution in [1.29, 1.82) is 0 Å². The molecule has 2 heterocycles. The molecule has 2 rings (SSSR count). The number of aromatic nitrogens is 1. The predicted molar refractivity (Wildman–Crippen MR) is 52.8 cm³/mol. The summed E-state index contributed by atoms with van der Waals surface area (Å²) in [5, 5.41) is 6.61. The monoisotopic (exact) mass is 198 g/mol. The highest BCUT2D eigenvalue weighted by Crippen LogP contribution is 2.08. The smallest absolute Gasteiger partial charge is 0.106 e. The van der Waals surface area contributed by atoms with Crippen molar-refractivity contribution < 1.29 is 4.74 Å². The van der Waals surface area contributed by atoms with Gasteiger partial charge in [-0.25, -0.2) is 4.98 Å². The second-order valence-corrected chi connectivity index (χ2v) is 4.20. The minimum atomic E-state index is 0.526. The highest BCUT2D eigenvalue weighted by Gasteiger charge is 2.12. The Bertz CT molecular complexity index is 232. The third-order valence-corrected chi connectivity index (χ3v) is 2.97. The second-order valence-electron chi connectivity index (χ2n) is 3.22. The van der Waals surface area contributed by atoms with Crippen LogP contribution in [0.1, 0.15) is 17.8 Å². The summed E-state index contributed by atoms with van der Waals surface area (Å²) in [6, 6.07) is 0.526. The van der Waals surface area contributed by atoms with Crippen LogP contribution in [0.2, 0.25) is 0 Å². The maximum atomic E-state index is 5.37. The van der Waals surface area contributed by atoms with E-state index in [0.717, 1.165) is 24.8 Å². The van der Waals surface area contributed by atoms with Gasteiger partial charge in [-0.1, -0.05) is 0 Å². The molecule has 0 saturated carbocycles. The molecule has 72 valence electrons. The Hall–Kier alpha value is -0.450. The van der Waals surface area contributed by atoms with Crippen molar-refractivity contribution in [3.05, 3.63) is 16.6 Å². The van der Waals surface area contributed by atoms with E-state index in [1.807, 2.05) is 11.6 Å². The maximum Gasteiger partial charge on any atom is 0.106 e. The van der Waals surface area contributed by atoms with Gasteiger partial charge in [0.05, 0.1) is 6.61 Å². The first-order chi connectivity index (χ1) is 6.45. The zero-order valence-electron chi connectivity index (χ0n) is 7.53. The van der Waals surface area contributed by atoms with Crippen LogP contribution in [0.25, 0.3) is 0 Å². The molecule has 0 radical (unpaired) electrons. The van der Waals surface area contributed by atoms with Gasteiger partial charge in [0.15, 0.2) is 0 Å². The van der Waals surface area contributed by atoms with Crippen molar-refractivity contribution in [1.82, 2.24) is 10.3 Å². The fourth-order valence-corrected chi connectivity index (χ4v) is 2.04. The Morgan fingerprint density at radius 1 is 1.69 bits per heavy atom. The van der Waals surface area contributed by atoms with E-state index in [9.17, 15) is 0 Å². The van der Waals surface area contributed by atoms with Crippen molar-refractivity contribution in [3.63, 3.8) is 0 Å². The Labute approximate surface area is 82.1 Å². The fourth-order valence-electron chi connectivity index (χ4n) is 1.47. The van der Waals surface area contributed by atoms with Crippen molar-refractivity contribution in [2.45, 2.75) is 25.4 Å². The molecule has 0 aromatic carbocycles. The van der Waals surface area contributed by atoms with Gasteiger partial charge < -0.3 is 10.1 Å². The molecule has 13 heavy (non-hydrogen) atoms. The lowest BCUT2D eigenvalue weighted by Crippen LogP contribution is -2.36. The molecule has 0 amide bonds. The summed E-state index contributed by atoms with van der Waals surface area (Å²) >= 11 is 1.70. The Morgan fingerprint density at radius 3 is 3.38 bits per heavy atom. The number of hydrogen-bond donors (Lipinski definition) is 1. The van der Waals surface area contributed by atoms with Crippen molar-refractivity contribution in [3.8, 4) is 0 Å². The minimum absolute atomic E-state index is 0.526. The van der Waals surface area contributed by atoms with Crippen LogP contribution in [0.4, 0.5) is 0 Å². The van der Waals surface area contributed by atoms with E-state index in [4.69, 9.17) is 4.74 Å². The Kier molecular flexibility index (Phi) is 3.29. The van der Waals surface area contributed by atoms with Crippen LogP contribution in [-0.4, -0.2) is 24.2 Å². The summed E-state index contributed by atoms with van der Waals surface area (Å²) < 4.78 is 5.37. The van der Waals surface area contributed by atoms with Crippen LogP contribution >= 0.6 is 11.3 Å². The lowest BCUT2D eigenvalue weighted by Gasteiger charge is -2.22. The van der Waals surface area contributed by atoms with Gasteiger partial charge in [-0.3, -0.25) is 0 Å². The highest BCUT2D eigenvalue weighted by molar-refractivity contribution is 7.09. The maximum absolute atomic E-state index is 5.37. The molecule has 4 heteroatoms. The number of hydrogen-bond acceptors (Lipinski definition) is 4. The van der Waals surface area contributed by atoms with Crippen LogP contribution < -0.4 is 5.32 Å². The summed E-state index contributed by atoms with van der Waals surface area (Å²) in [6.45, 7) is 2.66. The molecule has 1 aliphatic heterocycles. The summed E-state index contributed by atoms with van der Waals surface area (Å²) in [5.74, 6) is 0. The first kappa shape index (κ1) is 9.12. The molecule has 0 bridgehead atoms. The highest BCUT2D eigenvalue weighted by atomic mass is 32.1. The minimum Gasteiger partial charge on any atom is -0.380 e. The summed E-state index contributed by atoms with van der Waals surface area (Å²) in [4.78, 5) is 4.22. The zero-order valence-corrected chi connectivity index (χ0v) is 8.35. The third-order valence-electron chi connectivity index (χ3n) is 2.19. The molecule has 1 aromatic rings. The van der Waals surface area contributed by atoms with Crippen molar-refractivity contribution >= 4 is 11.3 Å². The molecule has 0 aliphatic carbocycles. The van der Waals surface area contributed by atoms with Gasteiger partial charge in [0, 0.05) is 30.8 Å². The number of rotatable bonds is 3. The quantitative estimate of drug-likeness (QED) is 0.797. The molecular formula is C9H14N2OS. The van der Waals surface area contributed by atoms with Crippen LogP contribution in [-0.2, 0) is 11.3 Å². The summed E-state index contributed by atoms with van der Waals surface area (Å²) in [5.41, 5.74) is 0. The van der Waals surface area contributed by atoms with Gasteiger partial charge in [-0.05, 0) is 12.8 Å². The standard InChI is InChI=1S/C9H14N2OS/c1-2-8(7-12-4-1)11-6-9-10-3-5-13-9/h3,5,8,11H,1-2,4,6-7H2. The largest absolute Gasteiger partial charge is 0.380 e. The van der Waals surface area contributed by atoms with Crippen LogP contribution in [0, 0.1) is 0 Å². The summed E-state index contributed by atoms with van der Waals surface area (Å²) in [6.07, 6.45) is 4.25. The fraction of sp³-hybridized carbons (Fsp3) is 0.667. The molecular weight excluding hydrogens is 184 g/mol. The first-order valence-electron chi connectivity index (χ1n) is 4.64. The first-order valence-corrected chi connectivity index (χ1v) is 5.52. The Morgan fingerprint density at radius 2 is 2.69 bits per heavy atom. The number of thiazole rings is 1. The third kappa shape index (κ3) is 2.76. The van der Waals surface area contributed by atoms with E-state index >= 15 is 0 Å². The van der Waals surface area contributed by atoms with Crippen LogP contribution in [0.3, 0.4) is 0 Å². The average molecular weight is 198 g/mol. The topological polar surface area (TPSA) is 34.1 Å². The normalized spacial score (nSPS) is 23.2. The van der Waals surface area contributed by atoms with Gasteiger partial charge in [-0.2, -0.15) is 0 Å². The predicted octanol–water partition coefficient (Wildman–Crippen LogP) is 1.41. The zero-order chi connectivity index (χ0) is 8.93. The SMILES string of the molecule is c1csc(CNC2CCCOC2)n1. The molecule has 0 spiro atoms. The van der Waals surface area contributed by atoms with Crippen molar-refractivity contribution in [2.75, 3.05) is 13.2 Å². The van der Waals surface area contributed by atoms with Gasteiger partial charge in [-0.15, -0.1) is 11.3 Å². The average Bonchev–Trinajstić information content (AvgIpc) is 2.69. The van der Waals surface area contributed by atoms with Gasteiger partial charge in [0.25, 0.3) is 0 Å². The van der Waals surface area contributed by atoms with Crippen LogP contribution in [0.5, 0.6) is 0 Å². The van der Waals surface area contributed by atoms with E-state index in [1.54, 1.807) is 11.3 Å². The Balaban J connectivity index is 1.72. The van der Waals surface area contributed by atoms with E-state index < -0.39 is 0 Å². The summed E-state index contributed by atoms with van der Waals surface area (Å²) in [7, 11) is 0. The number of ether oxygens (including phenoxy) is 1. The second kappa shape index (κ2) is 4.69. The van der Waals surface area contributed by atoms with Gasteiger partial charge in [0.2, 0.25) is 0 Å². The van der Waals surface area contributed by atoms with Crippen LogP contribution in [0.15, 0.2) is 11.6 Å². The molecule has 3 nitrogen and oxygen atoms in total. The molecule has 1 unspecified atom stereocenters. The molecule has 1 N–H and O–H groups in total. The van der Waals surface area contributed by atoms with Gasteiger partial charge >= 0.3 is 0 Å².